The molecule has 3 aliphatic rings. The van der Waals surface area contributed by atoms with Crippen LogP contribution >= 0.6 is 0 Å². The fraction of sp³-hybridized carbons (Fsp3) is 0.368. The number of nitrogens with zero attached hydrogens (tertiary/aromatic N) is 1. The molecule has 2 fully saturated rings. The first-order valence-electron chi connectivity index (χ1n) is 8.52. The van der Waals surface area contributed by atoms with Crippen LogP contribution in [0.5, 0.6) is 0 Å². The Hall–Kier alpha value is -1.69. The van der Waals surface area contributed by atoms with Gasteiger partial charge in [0.05, 0.1) is 6.04 Å². The molecule has 5 heteroatoms. The van der Waals surface area contributed by atoms with Crippen LogP contribution in [0.2, 0.25) is 0 Å². The number of fused-ring (bicyclic) bond motifs is 3. The van der Waals surface area contributed by atoms with Gasteiger partial charge in [-0.1, -0.05) is 36.4 Å². The van der Waals surface area contributed by atoms with Crippen molar-refractivity contribution in [2.45, 2.75) is 43.9 Å². The van der Waals surface area contributed by atoms with E-state index in [9.17, 15) is 4.21 Å². The largest absolute Gasteiger partial charge is 0.335 e. The van der Waals surface area contributed by atoms with E-state index in [1.54, 1.807) is 0 Å². The van der Waals surface area contributed by atoms with Crippen molar-refractivity contribution >= 4 is 22.7 Å². The molecule has 0 bridgehead atoms. The smallest absolute Gasteiger partial charge is 0.305 e. The summed E-state index contributed by atoms with van der Waals surface area (Å²) in [5, 5.41) is 0. The van der Waals surface area contributed by atoms with Crippen LogP contribution in [0.3, 0.4) is 0 Å². The SMILES string of the molecule is O=S1O[C@@H]2CCC(N3c4ccccc4CCc4ccccc43)[C@@H]2O1. The Morgan fingerprint density at radius 3 is 2.17 bits per heavy atom. The summed E-state index contributed by atoms with van der Waals surface area (Å²) in [6.07, 6.45) is 3.75. The highest BCUT2D eigenvalue weighted by Gasteiger charge is 2.49. The van der Waals surface area contributed by atoms with Gasteiger partial charge in [-0.05, 0) is 48.9 Å². The molecule has 24 heavy (non-hydrogen) atoms. The molecule has 2 heterocycles. The van der Waals surface area contributed by atoms with Gasteiger partial charge in [0, 0.05) is 11.4 Å². The number of anilines is 2. The molecule has 0 spiro atoms. The van der Waals surface area contributed by atoms with E-state index in [0.717, 1.165) is 25.7 Å². The van der Waals surface area contributed by atoms with Gasteiger partial charge in [0.15, 0.2) is 0 Å². The topological polar surface area (TPSA) is 38.8 Å². The summed E-state index contributed by atoms with van der Waals surface area (Å²) in [5.74, 6) is 0. The van der Waals surface area contributed by atoms with Gasteiger partial charge >= 0.3 is 11.4 Å². The molecule has 2 aromatic carbocycles. The van der Waals surface area contributed by atoms with E-state index in [2.05, 4.69) is 53.4 Å². The zero-order chi connectivity index (χ0) is 16.1. The quantitative estimate of drug-likeness (QED) is 0.796. The fourth-order valence-electron chi connectivity index (χ4n) is 4.30. The minimum absolute atomic E-state index is 0.0570. The predicted octanol–water partition coefficient (Wildman–Crippen LogP) is 3.45. The Morgan fingerprint density at radius 2 is 1.50 bits per heavy atom. The zero-order valence-corrected chi connectivity index (χ0v) is 14.1. The Morgan fingerprint density at radius 1 is 0.875 bits per heavy atom. The molecule has 2 unspecified atom stereocenters. The van der Waals surface area contributed by atoms with E-state index in [1.807, 2.05) is 0 Å². The summed E-state index contributed by atoms with van der Waals surface area (Å²) in [6.45, 7) is 0. The van der Waals surface area contributed by atoms with E-state index >= 15 is 0 Å². The van der Waals surface area contributed by atoms with Crippen LogP contribution in [0.1, 0.15) is 24.0 Å². The first-order valence-corrected chi connectivity index (χ1v) is 9.52. The van der Waals surface area contributed by atoms with E-state index in [-0.39, 0.29) is 18.2 Å². The second-order valence-electron chi connectivity index (χ2n) is 6.67. The van der Waals surface area contributed by atoms with Crippen LogP contribution in [0.4, 0.5) is 11.4 Å². The number of rotatable bonds is 1. The molecule has 5 rings (SSSR count). The van der Waals surface area contributed by atoms with Crippen LogP contribution in [0.25, 0.3) is 0 Å². The lowest BCUT2D eigenvalue weighted by Crippen LogP contribution is -2.40. The van der Waals surface area contributed by atoms with Crippen molar-refractivity contribution in [3.05, 3.63) is 59.7 Å². The average molecular weight is 341 g/mol. The molecule has 124 valence electrons. The number of hydrogen-bond acceptors (Lipinski definition) is 4. The van der Waals surface area contributed by atoms with Crippen molar-refractivity contribution in [1.29, 1.82) is 0 Å². The third-order valence-electron chi connectivity index (χ3n) is 5.38. The maximum atomic E-state index is 11.7. The molecule has 0 aromatic heterocycles. The van der Waals surface area contributed by atoms with Gasteiger partial charge in [0.1, 0.15) is 12.2 Å². The Labute approximate surface area is 144 Å². The van der Waals surface area contributed by atoms with Crippen molar-refractivity contribution in [2.75, 3.05) is 4.90 Å². The summed E-state index contributed by atoms with van der Waals surface area (Å²) < 4.78 is 22.8. The number of para-hydroxylation sites is 2. The number of aryl methyl sites for hydroxylation is 2. The minimum atomic E-state index is -1.60. The third-order valence-corrected chi connectivity index (χ3v) is 6.17. The second kappa shape index (κ2) is 5.69. The van der Waals surface area contributed by atoms with Gasteiger partial charge in [-0.2, -0.15) is 4.21 Å². The van der Waals surface area contributed by atoms with E-state index in [4.69, 9.17) is 8.37 Å². The monoisotopic (exact) mass is 341 g/mol. The number of hydrogen-bond donors (Lipinski definition) is 0. The molecule has 1 saturated carbocycles. The highest BCUT2D eigenvalue weighted by atomic mass is 32.2. The molecule has 0 amide bonds. The lowest BCUT2D eigenvalue weighted by Gasteiger charge is -2.34. The van der Waals surface area contributed by atoms with Crippen LogP contribution in [-0.4, -0.2) is 22.5 Å². The van der Waals surface area contributed by atoms with Crippen molar-refractivity contribution in [3.63, 3.8) is 0 Å². The van der Waals surface area contributed by atoms with Crippen molar-refractivity contribution in [2.24, 2.45) is 0 Å². The highest BCUT2D eigenvalue weighted by Crippen LogP contribution is 2.44. The molecule has 4 atom stereocenters. The molecular weight excluding hydrogens is 322 g/mol. The maximum Gasteiger partial charge on any atom is 0.305 e. The fourth-order valence-corrected chi connectivity index (χ4v) is 5.19. The Kier molecular flexibility index (Phi) is 3.47. The Bertz CT molecular complexity index is 761. The van der Waals surface area contributed by atoms with Gasteiger partial charge in [-0.25, -0.2) is 0 Å². The van der Waals surface area contributed by atoms with Crippen molar-refractivity contribution < 1.29 is 12.6 Å². The summed E-state index contributed by atoms with van der Waals surface area (Å²) >= 11 is -1.60. The first-order chi connectivity index (χ1) is 11.8. The van der Waals surface area contributed by atoms with Gasteiger partial charge in [0.25, 0.3) is 0 Å². The van der Waals surface area contributed by atoms with Crippen molar-refractivity contribution in [1.82, 2.24) is 0 Å². The summed E-state index contributed by atoms with van der Waals surface area (Å²) in [5.41, 5.74) is 5.21. The Balaban J connectivity index is 1.65. The van der Waals surface area contributed by atoms with Gasteiger partial charge in [0.2, 0.25) is 0 Å². The van der Waals surface area contributed by atoms with E-state index in [1.165, 1.54) is 22.5 Å². The van der Waals surface area contributed by atoms with Gasteiger partial charge in [-0.15, -0.1) is 0 Å². The summed E-state index contributed by atoms with van der Waals surface area (Å²) in [6, 6.07) is 17.4. The zero-order valence-electron chi connectivity index (χ0n) is 13.3. The summed E-state index contributed by atoms with van der Waals surface area (Å²) in [7, 11) is 0. The van der Waals surface area contributed by atoms with Gasteiger partial charge < -0.3 is 4.90 Å². The lowest BCUT2D eigenvalue weighted by atomic mass is 10.0. The van der Waals surface area contributed by atoms with Gasteiger partial charge in [-0.3, -0.25) is 8.37 Å². The first kappa shape index (κ1) is 14.6. The third kappa shape index (κ3) is 2.23. The molecule has 0 N–H and O–H groups in total. The molecular formula is C19H19NO3S. The van der Waals surface area contributed by atoms with Crippen LogP contribution in [-0.2, 0) is 32.6 Å². The average Bonchev–Trinajstić information content (AvgIpc) is 3.10. The maximum absolute atomic E-state index is 11.7. The van der Waals surface area contributed by atoms with Crippen molar-refractivity contribution in [3.8, 4) is 0 Å². The predicted molar refractivity (Wildman–Crippen MR) is 93.3 cm³/mol. The van der Waals surface area contributed by atoms with Crippen LogP contribution < -0.4 is 4.90 Å². The summed E-state index contributed by atoms with van der Waals surface area (Å²) in [4.78, 5) is 2.41. The molecule has 2 aromatic rings. The van der Waals surface area contributed by atoms with E-state index in [0.29, 0.717) is 0 Å². The van der Waals surface area contributed by atoms with Crippen LogP contribution in [0.15, 0.2) is 48.5 Å². The molecule has 1 aliphatic carbocycles. The molecule has 4 nitrogen and oxygen atoms in total. The normalized spacial score (nSPS) is 31.2. The second-order valence-corrected chi connectivity index (χ2v) is 7.46. The van der Waals surface area contributed by atoms with Crippen LogP contribution in [0, 0.1) is 0 Å². The van der Waals surface area contributed by atoms with E-state index < -0.39 is 11.4 Å². The molecule has 0 radical (unpaired) electrons. The minimum Gasteiger partial charge on any atom is -0.335 e. The lowest BCUT2D eigenvalue weighted by molar-refractivity contribution is 0.175. The number of benzene rings is 2. The molecule has 1 saturated heterocycles. The standard InChI is InChI=1S/C19H19NO3S/c21-24-22-18-12-11-17(19(18)23-24)20-15-7-3-1-5-13(15)9-10-14-6-2-4-8-16(14)20/h1-8,17-19H,9-12H2/t17?,18-,19+,24?/m1/s1. The highest BCUT2D eigenvalue weighted by molar-refractivity contribution is 7.75. The molecule has 2 aliphatic heterocycles.